The number of nitrogens with one attached hydrogen (secondary N) is 1. The summed E-state index contributed by atoms with van der Waals surface area (Å²) < 4.78 is 2.70. The molecule has 0 aliphatic carbocycles. The highest BCUT2D eigenvalue weighted by atomic mass is 79.9. The molecule has 1 aromatic heterocycles. The highest BCUT2D eigenvalue weighted by molar-refractivity contribution is 9.10. The number of nitrogens with two attached hydrogens (primary N) is 1. The SMILES string of the molecule is Cc1nn(C)c(C)c1NC(=O)CSc1cc(Br)ccc1N. The molecule has 2 rings (SSSR count). The number of carbonyl (C=O) groups excluding carboxylic acids is 1. The Bertz CT molecular complexity index is 684. The highest BCUT2D eigenvalue weighted by Gasteiger charge is 2.13. The summed E-state index contributed by atoms with van der Waals surface area (Å²) in [6.45, 7) is 3.80. The lowest BCUT2D eigenvalue weighted by atomic mass is 10.3. The minimum Gasteiger partial charge on any atom is -0.398 e. The van der Waals surface area contributed by atoms with E-state index in [1.165, 1.54) is 11.8 Å². The van der Waals surface area contributed by atoms with Crippen molar-refractivity contribution in [1.82, 2.24) is 9.78 Å². The second-order valence-electron chi connectivity index (χ2n) is 4.69. The summed E-state index contributed by atoms with van der Waals surface area (Å²) in [7, 11) is 1.86. The second-order valence-corrected chi connectivity index (χ2v) is 6.62. The third-order valence-corrected chi connectivity index (χ3v) is 4.67. The van der Waals surface area contributed by atoms with E-state index in [0.717, 1.165) is 26.4 Å². The molecule has 1 amide bonds. The van der Waals surface area contributed by atoms with Crippen molar-refractivity contribution in [2.24, 2.45) is 7.05 Å². The fourth-order valence-electron chi connectivity index (χ4n) is 1.91. The first-order valence-corrected chi connectivity index (χ1v) is 8.14. The summed E-state index contributed by atoms with van der Waals surface area (Å²) >= 11 is 4.81. The van der Waals surface area contributed by atoms with Gasteiger partial charge in [-0.05, 0) is 32.0 Å². The number of anilines is 2. The van der Waals surface area contributed by atoms with E-state index < -0.39 is 0 Å². The van der Waals surface area contributed by atoms with Crippen LogP contribution in [0.3, 0.4) is 0 Å². The summed E-state index contributed by atoms with van der Waals surface area (Å²) in [4.78, 5) is 13.0. The van der Waals surface area contributed by atoms with Gasteiger partial charge in [0.05, 0.1) is 22.8 Å². The standard InChI is InChI=1S/C14H17BrN4OS/c1-8-14(9(2)19(3)18-8)17-13(20)7-21-12-6-10(15)4-5-11(12)16/h4-6H,7,16H2,1-3H3,(H,17,20). The number of thioether (sulfide) groups is 1. The molecule has 112 valence electrons. The Morgan fingerprint density at radius 1 is 1.48 bits per heavy atom. The van der Waals surface area contributed by atoms with Crippen LogP contribution in [0.2, 0.25) is 0 Å². The molecular formula is C14H17BrN4OS. The summed E-state index contributed by atoms with van der Waals surface area (Å²) in [5, 5.41) is 7.18. The molecule has 21 heavy (non-hydrogen) atoms. The summed E-state index contributed by atoms with van der Waals surface area (Å²) in [6, 6.07) is 5.61. The number of aryl methyl sites for hydroxylation is 2. The number of benzene rings is 1. The lowest BCUT2D eigenvalue weighted by Crippen LogP contribution is -2.15. The number of rotatable bonds is 4. The molecule has 5 nitrogen and oxygen atoms in total. The van der Waals surface area contributed by atoms with Crippen LogP contribution >= 0.6 is 27.7 Å². The summed E-state index contributed by atoms with van der Waals surface area (Å²) in [6.07, 6.45) is 0. The molecule has 0 aliphatic rings. The predicted molar refractivity (Wildman–Crippen MR) is 90.6 cm³/mol. The molecule has 0 bridgehead atoms. The second kappa shape index (κ2) is 6.53. The highest BCUT2D eigenvalue weighted by Crippen LogP contribution is 2.28. The lowest BCUT2D eigenvalue weighted by molar-refractivity contribution is -0.113. The zero-order chi connectivity index (χ0) is 15.6. The van der Waals surface area contributed by atoms with Crippen molar-refractivity contribution in [3.63, 3.8) is 0 Å². The topological polar surface area (TPSA) is 72.9 Å². The quantitative estimate of drug-likeness (QED) is 0.642. The van der Waals surface area contributed by atoms with E-state index in [9.17, 15) is 4.79 Å². The minimum atomic E-state index is -0.0708. The Labute approximate surface area is 136 Å². The van der Waals surface area contributed by atoms with Crippen LogP contribution < -0.4 is 11.1 Å². The maximum Gasteiger partial charge on any atom is 0.234 e. The van der Waals surface area contributed by atoms with Crippen LogP contribution in [-0.4, -0.2) is 21.4 Å². The van der Waals surface area contributed by atoms with Crippen molar-refractivity contribution in [2.75, 3.05) is 16.8 Å². The maximum absolute atomic E-state index is 12.1. The van der Waals surface area contributed by atoms with Gasteiger partial charge in [-0.25, -0.2) is 0 Å². The molecule has 0 saturated heterocycles. The monoisotopic (exact) mass is 368 g/mol. The van der Waals surface area contributed by atoms with Gasteiger partial charge >= 0.3 is 0 Å². The van der Waals surface area contributed by atoms with Gasteiger partial charge in [-0.2, -0.15) is 5.10 Å². The summed E-state index contributed by atoms with van der Waals surface area (Å²) in [5.74, 6) is 0.229. The number of hydrogen-bond acceptors (Lipinski definition) is 4. The molecule has 7 heteroatoms. The van der Waals surface area contributed by atoms with Gasteiger partial charge in [-0.3, -0.25) is 9.48 Å². The van der Waals surface area contributed by atoms with E-state index in [-0.39, 0.29) is 5.91 Å². The number of halogens is 1. The van der Waals surface area contributed by atoms with Crippen LogP contribution in [0.15, 0.2) is 27.6 Å². The Morgan fingerprint density at radius 2 is 2.19 bits per heavy atom. The van der Waals surface area contributed by atoms with Crippen molar-refractivity contribution < 1.29 is 4.79 Å². The maximum atomic E-state index is 12.1. The van der Waals surface area contributed by atoms with Crippen molar-refractivity contribution in [1.29, 1.82) is 0 Å². The van der Waals surface area contributed by atoms with Crippen LogP contribution in [0, 0.1) is 13.8 Å². The number of carbonyl (C=O) groups is 1. The fourth-order valence-corrected chi connectivity index (χ4v) is 3.22. The van der Waals surface area contributed by atoms with Crippen molar-refractivity contribution >= 4 is 45.0 Å². The van der Waals surface area contributed by atoms with E-state index >= 15 is 0 Å². The first-order valence-electron chi connectivity index (χ1n) is 6.36. The van der Waals surface area contributed by atoms with Gasteiger partial charge in [-0.15, -0.1) is 11.8 Å². The molecule has 0 unspecified atom stereocenters. The van der Waals surface area contributed by atoms with E-state index in [4.69, 9.17) is 5.73 Å². The normalized spacial score (nSPS) is 10.7. The van der Waals surface area contributed by atoms with Crippen LogP contribution in [0.25, 0.3) is 0 Å². The van der Waals surface area contributed by atoms with Gasteiger partial charge in [0.1, 0.15) is 0 Å². The Balaban J connectivity index is 2.01. The number of nitrogens with zero attached hydrogens (tertiary/aromatic N) is 2. The number of amides is 1. The Kier molecular flexibility index (Phi) is 4.95. The molecule has 1 heterocycles. The number of nitrogen functional groups attached to an aromatic ring is 1. The van der Waals surface area contributed by atoms with Gasteiger partial charge in [0.2, 0.25) is 5.91 Å². The molecule has 0 radical (unpaired) electrons. The van der Waals surface area contributed by atoms with Gasteiger partial charge in [0.15, 0.2) is 0 Å². The van der Waals surface area contributed by atoms with Crippen LogP contribution in [0.5, 0.6) is 0 Å². The lowest BCUT2D eigenvalue weighted by Gasteiger charge is -2.07. The van der Waals surface area contributed by atoms with Crippen LogP contribution in [-0.2, 0) is 11.8 Å². The van der Waals surface area contributed by atoms with Crippen LogP contribution in [0.1, 0.15) is 11.4 Å². The average molecular weight is 369 g/mol. The molecular weight excluding hydrogens is 352 g/mol. The third-order valence-electron chi connectivity index (χ3n) is 3.11. The largest absolute Gasteiger partial charge is 0.398 e. The Hall–Kier alpha value is -1.47. The zero-order valence-corrected chi connectivity index (χ0v) is 14.5. The molecule has 0 spiro atoms. The van der Waals surface area contributed by atoms with Crippen molar-refractivity contribution in [2.45, 2.75) is 18.7 Å². The Morgan fingerprint density at radius 3 is 2.81 bits per heavy atom. The number of hydrogen-bond donors (Lipinski definition) is 2. The molecule has 3 N–H and O–H groups in total. The first kappa shape index (κ1) is 15.9. The predicted octanol–water partition coefficient (Wildman–Crippen LogP) is 3.11. The van der Waals surface area contributed by atoms with Gasteiger partial charge in [0.25, 0.3) is 0 Å². The van der Waals surface area contributed by atoms with Crippen LogP contribution in [0.4, 0.5) is 11.4 Å². The van der Waals surface area contributed by atoms with Crippen molar-refractivity contribution in [3.05, 3.63) is 34.1 Å². The van der Waals surface area contributed by atoms with E-state index in [0.29, 0.717) is 11.4 Å². The zero-order valence-electron chi connectivity index (χ0n) is 12.1. The third kappa shape index (κ3) is 3.79. The van der Waals surface area contributed by atoms with Gasteiger partial charge in [0, 0.05) is 22.1 Å². The fraction of sp³-hybridized carbons (Fsp3) is 0.286. The molecule has 0 saturated carbocycles. The smallest absolute Gasteiger partial charge is 0.234 e. The molecule has 1 aromatic carbocycles. The van der Waals surface area contributed by atoms with E-state index in [2.05, 4.69) is 26.3 Å². The van der Waals surface area contributed by atoms with Crippen molar-refractivity contribution in [3.8, 4) is 0 Å². The van der Waals surface area contributed by atoms with E-state index in [1.807, 2.05) is 39.1 Å². The molecule has 0 aliphatic heterocycles. The van der Waals surface area contributed by atoms with Gasteiger partial charge in [-0.1, -0.05) is 15.9 Å². The first-order chi connectivity index (χ1) is 9.88. The molecule has 0 atom stereocenters. The minimum absolute atomic E-state index is 0.0708. The average Bonchev–Trinajstić information content (AvgIpc) is 2.66. The summed E-state index contributed by atoms with van der Waals surface area (Å²) in [5.41, 5.74) is 9.10. The van der Waals surface area contributed by atoms with Gasteiger partial charge < -0.3 is 11.1 Å². The molecule has 2 aromatic rings. The number of aromatic nitrogens is 2. The van der Waals surface area contributed by atoms with E-state index in [1.54, 1.807) is 4.68 Å². The molecule has 0 fully saturated rings.